The van der Waals surface area contributed by atoms with Gasteiger partial charge in [0.05, 0.1) is 0 Å². The Bertz CT molecular complexity index is 363. The lowest BCUT2D eigenvalue weighted by molar-refractivity contribution is -0.142. The molecular formula is C14H24N2O3. The predicted octanol–water partition coefficient (Wildman–Crippen LogP) is 1.93. The average molecular weight is 268 g/mol. The van der Waals surface area contributed by atoms with Crippen molar-refractivity contribution in [3.63, 3.8) is 0 Å². The molecule has 1 saturated heterocycles. The number of carboxylic acid groups (broad SMARTS) is 1. The van der Waals surface area contributed by atoms with Gasteiger partial charge in [0.1, 0.15) is 6.04 Å². The molecule has 0 bridgehead atoms. The summed E-state index contributed by atoms with van der Waals surface area (Å²) < 4.78 is 0. The first-order valence-corrected chi connectivity index (χ1v) is 7.07. The van der Waals surface area contributed by atoms with Crippen LogP contribution in [0.4, 0.5) is 4.79 Å². The molecule has 1 aliphatic heterocycles. The molecule has 1 heterocycles. The number of urea groups is 1. The summed E-state index contributed by atoms with van der Waals surface area (Å²) in [6.07, 6.45) is 3.68. The molecule has 2 amide bonds. The lowest BCUT2D eigenvalue weighted by atomic mass is 9.87. The van der Waals surface area contributed by atoms with E-state index in [2.05, 4.69) is 5.32 Å². The van der Waals surface area contributed by atoms with Crippen molar-refractivity contribution >= 4 is 12.0 Å². The summed E-state index contributed by atoms with van der Waals surface area (Å²) in [5.74, 6) is 0.285. The highest BCUT2D eigenvalue weighted by Crippen LogP contribution is 2.37. The maximum absolute atomic E-state index is 12.2. The van der Waals surface area contributed by atoms with Gasteiger partial charge in [-0.25, -0.2) is 9.59 Å². The fourth-order valence-electron chi connectivity index (χ4n) is 3.26. The average Bonchev–Trinajstić information content (AvgIpc) is 2.82. The summed E-state index contributed by atoms with van der Waals surface area (Å²) in [4.78, 5) is 25.2. The molecule has 0 radical (unpaired) electrons. The minimum Gasteiger partial charge on any atom is -0.480 e. The van der Waals surface area contributed by atoms with Gasteiger partial charge in [0.25, 0.3) is 0 Å². The molecule has 0 spiro atoms. The van der Waals surface area contributed by atoms with Gasteiger partial charge in [-0.1, -0.05) is 27.2 Å². The first kappa shape index (κ1) is 14.2. The van der Waals surface area contributed by atoms with Crippen molar-refractivity contribution in [2.45, 2.75) is 46.1 Å². The van der Waals surface area contributed by atoms with E-state index in [1.165, 1.54) is 19.3 Å². The monoisotopic (exact) mass is 268 g/mol. The van der Waals surface area contributed by atoms with Gasteiger partial charge in [0.15, 0.2) is 0 Å². The largest absolute Gasteiger partial charge is 0.480 e. The number of rotatable bonds is 2. The molecule has 2 N–H and O–H groups in total. The summed E-state index contributed by atoms with van der Waals surface area (Å²) in [7, 11) is 0. The maximum atomic E-state index is 12.2. The van der Waals surface area contributed by atoms with Crippen LogP contribution < -0.4 is 5.32 Å². The number of fused-ring (bicyclic) bond motifs is 1. The summed E-state index contributed by atoms with van der Waals surface area (Å²) >= 11 is 0. The van der Waals surface area contributed by atoms with E-state index in [1.54, 1.807) is 4.90 Å². The number of likely N-dealkylation sites (tertiary alicyclic amines) is 1. The zero-order chi connectivity index (χ0) is 14.2. The Morgan fingerprint density at radius 1 is 1.21 bits per heavy atom. The fourth-order valence-corrected chi connectivity index (χ4v) is 3.26. The normalized spacial score (nSPS) is 28.1. The maximum Gasteiger partial charge on any atom is 0.326 e. The van der Waals surface area contributed by atoms with Crippen molar-refractivity contribution in [2.75, 3.05) is 13.1 Å². The van der Waals surface area contributed by atoms with Crippen molar-refractivity contribution in [1.82, 2.24) is 10.2 Å². The molecular weight excluding hydrogens is 244 g/mol. The lowest BCUT2D eigenvalue weighted by Gasteiger charge is -2.30. The molecule has 0 aromatic rings. The number of aliphatic carboxylic acids is 1. The standard InChI is InChI=1S/C14H24N2O3/c1-14(2,3)11(12(17)18)15-13(19)16-7-9-5-4-6-10(9)8-16/h9-11H,4-8H2,1-3H3,(H,15,19)(H,17,18)/t9?,10?,11-/m1/s1. The minimum absolute atomic E-state index is 0.225. The van der Waals surface area contributed by atoms with Crippen LogP contribution in [0.15, 0.2) is 0 Å². The van der Waals surface area contributed by atoms with Crippen LogP contribution in [0, 0.1) is 17.3 Å². The summed E-state index contributed by atoms with van der Waals surface area (Å²) in [5.41, 5.74) is -0.489. The van der Waals surface area contributed by atoms with Gasteiger partial charge in [0.2, 0.25) is 0 Å². The highest BCUT2D eigenvalue weighted by molar-refractivity contribution is 5.83. The topological polar surface area (TPSA) is 69.6 Å². The van der Waals surface area contributed by atoms with E-state index in [1.807, 2.05) is 20.8 Å². The van der Waals surface area contributed by atoms with Crippen LogP contribution >= 0.6 is 0 Å². The van der Waals surface area contributed by atoms with Crippen molar-refractivity contribution in [3.8, 4) is 0 Å². The molecule has 2 rings (SSSR count). The molecule has 3 atom stereocenters. The predicted molar refractivity (Wildman–Crippen MR) is 71.8 cm³/mol. The first-order chi connectivity index (χ1) is 8.79. The molecule has 1 saturated carbocycles. The van der Waals surface area contributed by atoms with E-state index in [0.29, 0.717) is 11.8 Å². The SMILES string of the molecule is CC(C)(C)[C@H](NC(=O)N1CC2CCCC2C1)C(=O)O. The van der Waals surface area contributed by atoms with E-state index in [4.69, 9.17) is 0 Å². The molecule has 2 fully saturated rings. The Morgan fingerprint density at radius 2 is 1.74 bits per heavy atom. The van der Waals surface area contributed by atoms with Crippen molar-refractivity contribution < 1.29 is 14.7 Å². The number of nitrogens with zero attached hydrogens (tertiary/aromatic N) is 1. The number of hydrogen-bond acceptors (Lipinski definition) is 2. The van der Waals surface area contributed by atoms with Gasteiger partial charge in [-0.2, -0.15) is 0 Å². The summed E-state index contributed by atoms with van der Waals surface area (Å²) in [6, 6.07) is -1.07. The molecule has 108 valence electrons. The Balaban J connectivity index is 1.95. The summed E-state index contributed by atoms with van der Waals surface area (Å²) in [5, 5.41) is 11.9. The van der Waals surface area contributed by atoms with Crippen LogP contribution in [0.3, 0.4) is 0 Å². The smallest absolute Gasteiger partial charge is 0.326 e. The van der Waals surface area contributed by atoms with Gasteiger partial charge < -0.3 is 15.3 Å². The number of amides is 2. The molecule has 0 aromatic heterocycles. The minimum atomic E-state index is -0.972. The van der Waals surface area contributed by atoms with E-state index in [-0.39, 0.29) is 6.03 Å². The Morgan fingerprint density at radius 3 is 2.16 bits per heavy atom. The van der Waals surface area contributed by atoms with Crippen LogP contribution in [0.2, 0.25) is 0 Å². The second kappa shape index (κ2) is 5.02. The van der Waals surface area contributed by atoms with Crippen LogP contribution in [0.1, 0.15) is 40.0 Å². The summed E-state index contributed by atoms with van der Waals surface area (Å²) in [6.45, 7) is 7.04. The van der Waals surface area contributed by atoms with Crippen LogP contribution in [0.25, 0.3) is 0 Å². The Kier molecular flexibility index (Phi) is 3.74. The van der Waals surface area contributed by atoms with Gasteiger partial charge >= 0.3 is 12.0 Å². The lowest BCUT2D eigenvalue weighted by Crippen LogP contribution is -2.53. The quantitative estimate of drug-likeness (QED) is 0.804. The number of hydrogen-bond donors (Lipinski definition) is 2. The molecule has 19 heavy (non-hydrogen) atoms. The Hall–Kier alpha value is -1.26. The van der Waals surface area contributed by atoms with Gasteiger partial charge in [0, 0.05) is 13.1 Å². The van der Waals surface area contributed by atoms with Crippen molar-refractivity contribution in [1.29, 1.82) is 0 Å². The highest BCUT2D eigenvalue weighted by Gasteiger charge is 2.40. The third kappa shape index (κ3) is 3.01. The molecule has 5 nitrogen and oxygen atoms in total. The Labute approximate surface area is 114 Å². The molecule has 2 aliphatic rings. The number of carbonyl (C=O) groups is 2. The third-order valence-electron chi connectivity index (χ3n) is 4.39. The fraction of sp³-hybridized carbons (Fsp3) is 0.857. The first-order valence-electron chi connectivity index (χ1n) is 7.07. The van der Waals surface area contributed by atoms with Gasteiger partial charge in [-0.3, -0.25) is 0 Å². The number of carboxylic acids is 1. The number of nitrogens with one attached hydrogen (secondary N) is 1. The van der Waals surface area contributed by atoms with Gasteiger partial charge in [-0.15, -0.1) is 0 Å². The van der Waals surface area contributed by atoms with Crippen LogP contribution in [-0.2, 0) is 4.79 Å². The van der Waals surface area contributed by atoms with Crippen LogP contribution in [0.5, 0.6) is 0 Å². The zero-order valence-corrected chi connectivity index (χ0v) is 12.0. The molecule has 1 aliphatic carbocycles. The molecule has 5 heteroatoms. The van der Waals surface area contributed by atoms with E-state index < -0.39 is 17.4 Å². The van der Waals surface area contributed by atoms with E-state index in [0.717, 1.165) is 13.1 Å². The van der Waals surface area contributed by atoms with Crippen LogP contribution in [-0.4, -0.2) is 41.1 Å². The molecule has 0 aromatic carbocycles. The number of carbonyl (C=O) groups excluding carboxylic acids is 1. The second-order valence-electron chi connectivity index (χ2n) is 6.94. The van der Waals surface area contributed by atoms with Crippen molar-refractivity contribution in [2.24, 2.45) is 17.3 Å². The van der Waals surface area contributed by atoms with Crippen molar-refractivity contribution in [3.05, 3.63) is 0 Å². The van der Waals surface area contributed by atoms with E-state index >= 15 is 0 Å². The molecule has 2 unspecified atom stereocenters. The second-order valence-corrected chi connectivity index (χ2v) is 6.94. The zero-order valence-electron chi connectivity index (χ0n) is 12.0. The highest BCUT2D eigenvalue weighted by atomic mass is 16.4. The van der Waals surface area contributed by atoms with Gasteiger partial charge in [-0.05, 0) is 30.1 Å². The van der Waals surface area contributed by atoms with E-state index in [9.17, 15) is 14.7 Å². The third-order valence-corrected chi connectivity index (χ3v) is 4.39.